The third-order valence-electron chi connectivity index (χ3n) is 2.19. The average Bonchev–Trinajstić information content (AvgIpc) is 2.37. The van der Waals surface area contributed by atoms with Crippen LogP contribution in [0.4, 0.5) is 0 Å². The minimum Gasteiger partial charge on any atom is -0.473 e. The molecule has 6 nitrogen and oxygen atoms in total. The fourth-order valence-corrected chi connectivity index (χ4v) is 2.99. The van der Waals surface area contributed by atoms with Crippen LogP contribution in [0.3, 0.4) is 0 Å². The van der Waals surface area contributed by atoms with E-state index in [0.717, 1.165) is 0 Å². The van der Waals surface area contributed by atoms with Crippen molar-refractivity contribution in [1.29, 1.82) is 0 Å². The van der Waals surface area contributed by atoms with Crippen molar-refractivity contribution in [2.24, 2.45) is 0 Å². The maximum absolute atomic E-state index is 11.3. The van der Waals surface area contributed by atoms with E-state index in [9.17, 15) is 4.79 Å². The van der Waals surface area contributed by atoms with Gasteiger partial charge in [-0.25, -0.2) is 4.79 Å². The van der Waals surface area contributed by atoms with Crippen molar-refractivity contribution in [2.75, 3.05) is 20.8 Å². The Morgan fingerprint density at radius 2 is 1.84 bits per heavy atom. The van der Waals surface area contributed by atoms with E-state index in [0.29, 0.717) is 19.1 Å². The molecule has 0 aromatic carbocycles. The molecule has 0 rings (SSSR count). The van der Waals surface area contributed by atoms with Gasteiger partial charge in [0.25, 0.3) is 5.95 Å². The Morgan fingerprint density at radius 3 is 2.26 bits per heavy atom. The van der Waals surface area contributed by atoms with Crippen LogP contribution in [-0.4, -0.2) is 35.6 Å². The van der Waals surface area contributed by atoms with Crippen LogP contribution in [0.5, 0.6) is 0 Å². The zero-order chi connectivity index (χ0) is 14.9. The van der Waals surface area contributed by atoms with E-state index in [2.05, 4.69) is 17.9 Å². The predicted octanol–water partition coefficient (Wildman–Crippen LogP) is 1.90. The van der Waals surface area contributed by atoms with E-state index in [-0.39, 0.29) is 11.5 Å². The van der Waals surface area contributed by atoms with E-state index < -0.39 is 14.8 Å². The molecule has 0 bridgehead atoms. The summed E-state index contributed by atoms with van der Waals surface area (Å²) in [7, 11) is 4.85. The predicted molar refractivity (Wildman–Crippen MR) is 70.6 cm³/mol. The van der Waals surface area contributed by atoms with E-state index in [1.165, 1.54) is 21.1 Å². The fourth-order valence-electron chi connectivity index (χ4n) is 1.18. The molecule has 0 saturated carbocycles. The lowest BCUT2D eigenvalue weighted by molar-refractivity contribution is -0.138. The van der Waals surface area contributed by atoms with Gasteiger partial charge >= 0.3 is 14.8 Å². The zero-order valence-electron chi connectivity index (χ0n) is 11.6. The van der Waals surface area contributed by atoms with Crippen LogP contribution in [0.2, 0.25) is 6.04 Å². The molecule has 0 saturated heterocycles. The van der Waals surface area contributed by atoms with Crippen molar-refractivity contribution in [2.45, 2.75) is 19.4 Å². The number of carbonyl (C=O) groups is 1. The summed E-state index contributed by atoms with van der Waals surface area (Å²) >= 11 is 0. The molecule has 7 heteroatoms. The fraction of sp³-hybridized carbons (Fsp3) is 0.500. The van der Waals surface area contributed by atoms with Crippen LogP contribution in [0.1, 0.15) is 13.3 Å². The molecule has 0 N–H and O–H groups in total. The first-order valence-corrected chi connectivity index (χ1v) is 7.51. The van der Waals surface area contributed by atoms with Gasteiger partial charge in [-0.1, -0.05) is 6.58 Å². The maximum atomic E-state index is 11.3. The Labute approximate surface area is 115 Å². The van der Waals surface area contributed by atoms with Gasteiger partial charge in [-0.2, -0.15) is 0 Å². The highest BCUT2D eigenvalue weighted by molar-refractivity contribution is 6.60. The zero-order valence-corrected chi connectivity index (χ0v) is 12.6. The summed E-state index contributed by atoms with van der Waals surface area (Å²) in [6.07, 6.45) is 0.576. The van der Waals surface area contributed by atoms with Gasteiger partial charge in [0.2, 0.25) is 0 Å². The van der Waals surface area contributed by atoms with E-state index >= 15 is 0 Å². The molecule has 0 aliphatic rings. The molecule has 0 unspecified atom stereocenters. The Balaban J connectivity index is 4.51. The van der Waals surface area contributed by atoms with Crippen LogP contribution in [0.15, 0.2) is 24.7 Å². The minimum atomic E-state index is -2.99. The van der Waals surface area contributed by atoms with Crippen molar-refractivity contribution >= 4 is 14.8 Å². The van der Waals surface area contributed by atoms with Gasteiger partial charge in [0, 0.05) is 32.4 Å². The molecule has 108 valence electrons. The maximum Gasteiger partial charge on any atom is 0.567 e. The summed E-state index contributed by atoms with van der Waals surface area (Å²) in [6, 6.07) is 0.445. The van der Waals surface area contributed by atoms with Crippen LogP contribution < -0.4 is 0 Å². The van der Waals surface area contributed by atoms with Crippen LogP contribution in [-0.2, 0) is 27.5 Å². The molecule has 0 aromatic rings. The van der Waals surface area contributed by atoms with Crippen molar-refractivity contribution in [3.05, 3.63) is 31.8 Å². The smallest absolute Gasteiger partial charge is 0.473 e. The molecule has 0 aliphatic carbocycles. The second-order valence-corrected chi connectivity index (χ2v) is 6.60. The Morgan fingerprint density at radius 1 is 1.26 bits per heavy atom. The Hall–Kier alpha value is -1.15. The van der Waals surface area contributed by atoms with Crippen LogP contribution in [0.25, 0.3) is 0 Å². The molecular formula is C12H20O6Si. The SMILES string of the molecule is [CH]OCCC[Si](OC)(OC)OC(=C)OC(=O)C(=C)C. The highest BCUT2D eigenvalue weighted by atomic mass is 28.4. The van der Waals surface area contributed by atoms with Gasteiger partial charge in [0.1, 0.15) is 7.11 Å². The van der Waals surface area contributed by atoms with Gasteiger partial charge in [-0.15, -0.1) is 0 Å². The van der Waals surface area contributed by atoms with Crippen LogP contribution in [0, 0.1) is 7.11 Å². The van der Waals surface area contributed by atoms with Crippen molar-refractivity contribution in [3.8, 4) is 0 Å². The quantitative estimate of drug-likeness (QED) is 0.201. The molecule has 2 radical (unpaired) electrons. The molecule has 0 atom stereocenters. The second-order valence-electron chi connectivity index (χ2n) is 3.71. The first kappa shape index (κ1) is 17.8. The molecule has 0 amide bonds. The van der Waals surface area contributed by atoms with Gasteiger partial charge < -0.3 is 22.8 Å². The van der Waals surface area contributed by atoms with E-state index in [4.69, 9.17) is 25.1 Å². The molecule has 0 aliphatic heterocycles. The van der Waals surface area contributed by atoms with Gasteiger partial charge in [-0.3, -0.25) is 0 Å². The highest BCUT2D eigenvalue weighted by Gasteiger charge is 2.42. The van der Waals surface area contributed by atoms with Crippen molar-refractivity contribution < 1.29 is 27.5 Å². The monoisotopic (exact) mass is 288 g/mol. The lowest BCUT2D eigenvalue weighted by atomic mass is 10.4. The summed E-state index contributed by atoms with van der Waals surface area (Å²) in [4.78, 5) is 11.3. The first-order valence-electron chi connectivity index (χ1n) is 5.58. The molecule has 19 heavy (non-hydrogen) atoms. The summed E-state index contributed by atoms with van der Waals surface area (Å²) in [5.74, 6) is -0.803. The minimum absolute atomic E-state index is 0.183. The summed E-state index contributed by atoms with van der Waals surface area (Å²) in [5, 5.41) is 0. The summed E-state index contributed by atoms with van der Waals surface area (Å²) in [5.41, 5.74) is 0.239. The van der Waals surface area contributed by atoms with Gasteiger partial charge in [0.15, 0.2) is 0 Å². The number of rotatable bonds is 10. The summed E-state index contributed by atoms with van der Waals surface area (Å²) < 4.78 is 25.3. The van der Waals surface area contributed by atoms with Gasteiger partial charge in [0.05, 0.1) is 0 Å². The summed E-state index contributed by atoms with van der Waals surface area (Å²) in [6.45, 7) is 8.81. The Bertz CT molecular complexity index is 324. The topological polar surface area (TPSA) is 63.2 Å². The lowest BCUT2D eigenvalue weighted by Gasteiger charge is -2.26. The first-order chi connectivity index (χ1) is 8.90. The normalized spacial score (nSPS) is 10.9. The molecule has 0 aromatic heterocycles. The molecule has 0 spiro atoms. The molecular weight excluding hydrogens is 268 g/mol. The van der Waals surface area contributed by atoms with Crippen molar-refractivity contribution in [1.82, 2.24) is 0 Å². The number of esters is 1. The third-order valence-corrected chi connectivity index (χ3v) is 4.94. The Kier molecular flexibility index (Phi) is 8.33. The average molecular weight is 288 g/mol. The number of ether oxygens (including phenoxy) is 2. The van der Waals surface area contributed by atoms with Crippen LogP contribution >= 0.6 is 0 Å². The van der Waals surface area contributed by atoms with E-state index in [1.54, 1.807) is 0 Å². The molecule has 0 fully saturated rings. The largest absolute Gasteiger partial charge is 0.567 e. The van der Waals surface area contributed by atoms with E-state index in [1.807, 2.05) is 0 Å². The number of carbonyl (C=O) groups excluding carboxylic acids is 1. The third kappa shape index (κ3) is 6.53. The van der Waals surface area contributed by atoms with Gasteiger partial charge in [-0.05, 0) is 19.9 Å². The number of hydrogen-bond donors (Lipinski definition) is 0. The highest BCUT2D eigenvalue weighted by Crippen LogP contribution is 2.20. The second kappa shape index (κ2) is 8.86. The standard InChI is InChI=1S/C12H20O6Si/c1-10(2)12(13)17-11(3)18-19(15-5,16-6)9-7-8-14-4/h4H,1,3,7-9H2,2,5-6H3. The number of hydrogen-bond acceptors (Lipinski definition) is 6. The lowest BCUT2D eigenvalue weighted by Crippen LogP contribution is -2.44. The molecule has 0 heterocycles. The van der Waals surface area contributed by atoms with Crippen molar-refractivity contribution in [3.63, 3.8) is 0 Å².